The first-order valence-corrected chi connectivity index (χ1v) is 8.37. The number of hydrogen-bond acceptors (Lipinski definition) is 4. The first kappa shape index (κ1) is 12.5. The summed E-state index contributed by atoms with van der Waals surface area (Å²) in [6.45, 7) is 0.904. The van der Waals surface area contributed by atoms with Gasteiger partial charge in [0.2, 0.25) is 0 Å². The van der Waals surface area contributed by atoms with Crippen LogP contribution in [0.2, 0.25) is 0 Å². The molecule has 2 heterocycles. The molecule has 4 rings (SSSR count). The second-order valence-corrected chi connectivity index (χ2v) is 6.80. The van der Waals surface area contributed by atoms with Crippen LogP contribution in [0.5, 0.6) is 0 Å². The number of nitrogens with zero attached hydrogens (tertiary/aromatic N) is 2. The monoisotopic (exact) mass is 285 g/mol. The summed E-state index contributed by atoms with van der Waals surface area (Å²) >= 11 is 1.69. The molecule has 0 atom stereocenters. The molecule has 2 saturated carbocycles. The van der Waals surface area contributed by atoms with Gasteiger partial charge in [0.25, 0.3) is 0 Å². The highest BCUT2D eigenvalue weighted by molar-refractivity contribution is 7.13. The predicted octanol–water partition coefficient (Wildman–Crippen LogP) is 3.48. The van der Waals surface area contributed by atoms with Crippen LogP contribution < -0.4 is 5.32 Å². The van der Waals surface area contributed by atoms with E-state index in [9.17, 15) is 0 Å². The van der Waals surface area contributed by atoms with Crippen molar-refractivity contribution in [2.75, 3.05) is 0 Å². The van der Waals surface area contributed by atoms with Gasteiger partial charge in [0.05, 0.1) is 11.4 Å². The van der Waals surface area contributed by atoms with Gasteiger partial charge in [-0.05, 0) is 49.7 Å². The van der Waals surface area contributed by atoms with Crippen LogP contribution in [0.4, 0.5) is 0 Å². The molecular weight excluding hydrogens is 266 g/mol. The molecule has 4 heteroatoms. The summed E-state index contributed by atoms with van der Waals surface area (Å²) in [7, 11) is 0. The molecule has 104 valence electrons. The number of nitrogens with one attached hydrogen (secondary N) is 1. The minimum atomic E-state index is 0.745. The lowest BCUT2D eigenvalue weighted by atomic mass is 10.1. The zero-order chi connectivity index (χ0) is 13.4. The zero-order valence-corrected chi connectivity index (χ0v) is 12.3. The Bertz CT molecular complexity index is 560. The molecule has 2 aromatic rings. The summed E-state index contributed by atoms with van der Waals surface area (Å²) < 4.78 is 0. The van der Waals surface area contributed by atoms with Gasteiger partial charge in [0.1, 0.15) is 5.01 Å². The Morgan fingerprint density at radius 2 is 2.00 bits per heavy atom. The van der Waals surface area contributed by atoms with Crippen molar-refractivity contribution < 1.29 is 0 Å². The van der Waals surface area contributed by atoms with Crippen molar-refractivity contribution in [1.29, 1.82) is 0 Å². The third-order valence-electron chi connectivity index (χ3n) is 4.21. The lowest BCUT2D eigenvalue weighted by Gasteiger charge is -2.16. The van der Waals surface area contributed by atoms with Crippen LogP contribution in [0.3, 0.4) is 0 Å². The molecule has 0 saturated heterocycles. The molecule has 0 unspecified atom stereocenters. The van der Waals surface area contributed by atoms with Gasteiger partial charge >= 0.3 is 0 Å². The summed E-state index contributed by atoms with van der Waals surface area (Å²) in [4.78, 5) is 9.07. The van der Waals surface area contributed by atoms with Crippen molar-refractivity contribution in [3.05, 3.63) is 35.5 Å². The van der Waals surface area contributed by atoms with Crippen LogP contribution in [0.1, 0.15) is 31.4 Å². The molecule has 0 radical (unpaired) electrons. The predicted molar refractivity (Wildman–Crippen MR) is 81.4 cm³/mol. The third-order valence-corrected chi connectivity index (χ3v) is 5.13. The standard InChI is InChI=1S/C16H19N3S/c1-2-8-17-14(3-1)16-19-13(10-20-16)9-18-15(11-4-5-11)12-6-7-12/h1-3,8,10-12,15,18H,4-7,9H2. The first-order chi connectivity index (χ1) is 9.90. The van der Waals surface area contributed by atoms with Crippen molar-refractivity contribution in [3.8, 4) is 10.7 Å². The van der Waals surface area contributed by atoms with Gasteiger partial charge in [-0.1, -0.05) is 6.07 Å². The second kappa shape index (κ2) is 5.26. The average molecular weight is 285 g/mol. The van der Waals surface area contributed by atoms with Crippen molar-refractivity contribution in [2.24, 2.45) is 11.8 Å². The van der Waals surface area contributed by atoms with Gasteiger partial charge in [-0.2, -0.15) is 0 Å². The van der Waals surface area contributed by atoms with Gasteiger partial charge in [0.15, 0.2) is 0 Å². The third kappa shape index (κ3) is 2.76. The quantitative estimate of drug-likeness (QED) is 0.883. The van der Waals surface area contributed by atoms with Crippen molar-refractivity contribution >= 4 is 11.3 Å². The second-order valence-electron chi connectivity index (χ2n) is 5.94. The van der Waals surface area contributed by atoms with E-state index >= 15 is 0 Å². The molecule has 0 aliphatic heterocycles. The Hall–Kier alpha value is -1.26. The minimum Gasteiger partial charge on any atom is -0.308 e. The van der Waals surface area contributed by atoms with Gasteiger partial charge < -0.3 is 5.32 Å². The average Bonchev–Trinajstić information content (AvgIpc) is 3.41. The van der Waals surface area contributed by atoms with Crippen LogP contribution in [0, 0.1) is 11.8 Å². The van der Waals surface area contributed by atoms with E-state index in [-0.39, 0.29) is 0 Å². The van der Waals surface area contributed by atoms with Crippen LogP contribution in [-0.4, -0.2) is 16.0 Å². The summed E-state index contributed by atoms with van der Waals surface area (Å²) in [5.74, 6) is 1.88. The summed E-state index contributed by atoms with van der Waals surface area (Å²) in [5, 5.41) is 6.93. The SMILES string of the molecule is c1ccc(-c2nc(CNC(C3CC3)C3CC3)cs2)nc1. The van der Waals surface area contributed by atoms with E-state index in [0.717, 1.165) is 40.8 Å². The first-order valence-electron chi connectivity index (χ1n) is 7.49. The maximum atomic E-state index is 4.71. The van der Waals surface area contributed by atoms with Crippen molar-refractivity contribution in [2.45, 2.75) is 38.3 Å². The smallest absolute Gasteiger partial charge is 0.142 e. The maximum absolute atomic E-state index is 4.71. The fourth-order valence-electron chi connectivity index (χ4n) is 2.85. The molecule has 20 heavy (non-hydrogen) atoms. The number of rotatable bonds is 6. The molecule has 2 fully saturated rings. The van der Waals surface area contributed by atoms with Crippen molar-refractivity contribution in [3.63, 3.8) is 0 Å². The Balaban J connectivity index is 1.41. The number of pyridine rings is 1. The lowest BCUT2D eigenvalue weighted by molar-refractivity contribution is 0.414. The molecule has 2 aliphatic carbocycles. The molecule has 2 aromatic heterocycles. The maximum Gasteiger partial charge on any atom is 0.142 e. The Morgan fingerprint density at radius 1 is 1.20 bits per heavy atom. The lowest BCUT2D eigenvalue weighted by Crippen LogP contribution is -2.32. The fraction of sp³-hybridized carbons (Fsp3) is 0.500. The number of thiazole rings is 1. The highest BCUT2D eigenvalue weighted by Gasteiger charge is 2.40. The van der Waals surface area contributed by atoms with E-state index in [1.807, 2.05) is 24.4 Å². The summed E-state index contributed by atoms with van der Waals surface area (Å²) in [6.07, 6.45) is 7.51. The van der Waals surface area contributed by atoms with Crippen LogP contribution in [0.15, 0.2) is 29.8 Å². The van der Waals surface area contributed by atoms with Crippen LogP contribution >= 0.6 is 11.3 Å². The number of aromatic nitrogens is 2. The normalized spacial score (nSPS) is 18.6. The molecule has 2 aliphatic rings. The van der Waals surface area contributed by atoms with E-state index in [4.69, 9.17) is 4.98 Å². The van der Waals surface area contributed by atoms with Gasteiger partial charge in [0, 0.05) is 24.2 Å². The van der Waals surface area contributed by atoms with E-state index in [1.54, 1.807) is 11.3 Å². The minimum absolute atomic E-state index is 0.745. The van der Waals surface area contributed by atoms with Crippen molar-refractivity contribution in [1.82, 2.24) is 15.3 Å². The van der Waals surface area contributed by atoms with Gasteiger partial charge in [-0.3, -0.25) is 4.98 Å². The molecule has 0 spiro atoms. The Kier molecular flexibility index (Phi) is 3.28. The van der Waals surface area contributed by atoms with E-state index in [1.165, 1.54) is 25.7 Å². The van der Waals surface area contributed by atoms with Gasteiger partial charge in [-0.15, -0.1) is 11.3 Å². The Labute approximate surface area is 123 Å². The largest absolute Gasteiger partial charge is 0.308 e. The van der Waals surface area contributed by atoms with Crippen LogP contribution in [0.25, 0.3) is 10.7 Å². The van der Waals surface area contributed by atoms with E-state index in [0.29, 0.717) is 0 Å². The van der Waals surface area contributed by atoms with Gasteiger partial charge in [-0.25, -0.2) is 4.98 Å². The van der Waals surface area contributed by atoms with E-state index < -0.39 is 0 Å². The van der Waals surface area contributed by atoms with E-state index in [2.05, 4.69) is 15.7 Å². The summed E-state index contributed by atoms with van der Waals surface area (Å²) in [5.41, 5.74) is 2.13. The molecule has 0 bridgehead atoms. The molecule has 1 N–H and O–H groups in total. The Morgan fingerprint density at radius 3 is 2.65 bits per heavy atom. The highest BCUT2D eigenvalue weighted by atomic mass is 32.1. The molecule has 0 aromatic carbocycles. The van der Waals surface area contributed by atoms with Crippen LogP contribution in [-0.2, 0) is 6.54 Å². The highest BCUT2D eigenvalue weighted by Crippen LogP contribution is 2.44. The molecule has 0 amide bonds. The zero-order valence-electron chi connectivity index (χ0n) is 11.5. The fourth-order valence-corrected chi connectivity index (χ4v) is 3.64. The molecular formula is C16H19N3S. The molecule has 3 nitrogen and oxygen atoms in total. The topological polar surface area (TPSA) is 37.8 Å². The summed E-state index contributed by atoms with van der Waals surface area (Å²) in [6, 6.07) is 6.72. The number of hydrogen-bond donors (Lipinski definition) is 1.